The van der Waals surface area contributed by atoms with E-state index in [9.17, 15) is 14.4 Å². The summed E-state index contributed by atoms with van der Waals surface area (Å²) in [6.45, 7) is 12.8. The highest BCUT2D eigenvalue weighted by Gasteiger charge is 2.05. The van der Waals surface area contributed by atoms with E-state index < -0.39 is 5.97 Å². The van der Waals surface area contributed by atoms with Crippen LogP contribution in [0.25, 0.3) is 6.08 Å². The Labute approximate surface area is 208 Å². The Kier molecular flexibility index (Phi) is 21.7. The molecule has 188 valence electrons. The van der Waals surface area contributed by atoms with E-state index in [2.05, 4.69) is 22.6 Å². The lowest BCUT2D eigenvalue weighted by Gasteiger charge is -2.01. The van der Waals surface area contributed by atoms with Gasteiger partial charge in [-0.3, -0.25) is 0 Å². The first-order valence-corrected chi connectivity index (χ1v) is 11.0. The first-order valence-electron chi connectivity index (χ1n) is 11.0. The summed E-state index contributed by atoms with van der Waals surface area (Å²) in [5, 5.41) is 8.43. The Morgan fingerprint density at radius 3 is 2.20 bits per heavy atom. The van der Waals surface area contributed by atoms with Gasteiger partial charge in [0.1, 0.15) is 0 Å². The van der Waals surface area contributed by atoms with E-state index in [4.69, 9.17) is 10.00 Å². The van der Waals surface area contributed by atoms with Crippen LogP contribution in [0.5, 0.6) is 0 Å². The highest BCUT2D eigenvalue weighted by molar-refractivity contribution is 5.93. The van der Waals surface area contributed by atoms with Crippen molar-refractivity contribution in [2.75, 3.05) is 20.3 Å². The minimum atomic E-state index is -0.405. The van der Waals surface area contributed by atoms with Gasteiger partial charge in [-0.2, -0.15) is 5.26 Å². The zero-order valence-corrected chi connectivity index (χ0v) is 21.0. The number of nitriles is 1. The van der Waals surface area contributed by atoms with Gasteiger partial charge in [0.05, 0.1) is 32.0 Å². The number of carbonyl (C=O) groups is 3. The van der Waals surface area contributed by atoms with Gasteiger partial charge in [0, 0.05) is 17.7 Å². The number of nitrogens with zero attached hydrogens (tertiary/aromatic N) is 1. The SMILES string of the molecule is C=C(C)C(=O)OC.C=CC(=O)OCCCC.CCOC(=O)C(C=Cc1ccccc1)=CC=CC#N. The minimum absolute atomic E-state index is 0.317. The van der Waals surface area contributed by atoms with Crippen LogP contribution >= 0.6 is 0 Å². The van der Waals surface area contributed by atoms with Crippen molar-refractivity contribution in [2.45, 2.75) is 33.6 Å². The molecule has 0 unspecified atom stereocenters. The smallest absolute Gasteiger partial charge is 0.338 e. The van der Waals surface area contributed by atoms with Gasteiger partial charge in [0.25, 0.3) is 0 Å². The van der Waals surface area contributed by atoms with Gasteiger partial charge in [-0.1, -0.05) is 69.0 Å². The summed E-state index contributed by atoms with van der Waals surface area (Å²) in [6.07, 6.45) is 11.0. The molecule has 1 aromatic carbocycles. The van der Waals surface area contributed by atoms with Crippen molar-refractivity contribution in [3.8, 4) is 6.07 Å². The maximum atomic E-state index is 11.7. The molecule has 0 saturated carbocycles. The van der Waals surface area contributed by atoms with Crippen LogP contribution in [-0.4, -0.2) is 38.2 Å². The van der Waals surface area contributed by atoms with Crippen molar-refractivity contribution in [3.05, 3.63) is 90.6 Å². The average molecular weight is 482 g/mol. The van der Waals surface area contributed by atoms with Crippen LogP contribution < -0.4 is 0 Å². The van der Waals surface area contributed by atoms with E-state index in [-0.39, 0.29) is 11.9 Å². The van der Waals surface area contributed by atoms with Crippen molar-refractivity contribution >= 4 is 24.0 Å². The standard InChI is InChI=1S/C16H15NO2.C7H12O2.C5H8O2/c1-2-19-16(18)15(10-6-7-13-17)12-11-14-8-4-3-5-9-14;1-3-5-6-9-7(8)4-2;1-4(2)5(6)7-3/h3-12H,2H2,1H3;4H,2-3,5-6H2,1H3;1H2,2-3H3. The first-order chi connectivity index (χ1) is 16.8. The maximum Gasteiger partial charge on any atom is 0.338 e. The number of allylic oxidation sites excluding steroid dienone is 3. The van der Waals surface area contributed by atoms with E-state index >= 15 is 0 Å². The normalized spacial score (nSPS) is 10.1. The highest BCUT2D eigenvalue weighted by atomic mass is 16.5. The van der Waals surface area contributed by atoms with Crippen LogP contribution in [0.3, 0.4) is 0 Å². The molecule has 0 aliphatic heterocycles. The molecule has 7 nitrogen and oxygen atoms in total. The molecule has 7 heteroatoms. The summed E-state index contributed by atoms with van der Waals surface area (Å²) in [6, 6.07) is 11.5. The van der Waals surface area contributed by atoms with E-state index in [1.165, 1.54) is 25.3 Å². The van der Waals surface area contributed by atoms with Crippen LogP contribution in [0.2, 0.25) is 0 Å². The molecule has 0 atom stereocenters. The maximum absolute atomic E-state index is 11.7. The summed E-state index contributed by atoms with van der Waals surface area (Å²) in [4.78, 5) is 32.2. The second-order valence-corrected chi connectivity index (χ2v) is 6.57. The van der Waals surface area contributed by atoms with Gasteiger partial charge in [0.2, 0.25) is 0 Å². The van der Waals surface area contributed by atoms with Crippen LogP contribution in [0.4, 0.5) is 0 Å². The zero-order valence-electron chi connectivity index (χ0n) is 21.0. The topological polar surface area (TPSA) is 103 Å². The largest absolute Gasteiger partial charge is 0.466 e. The molecule has 0 heterocycles. The number of ether oxygens (including phenoxy) is 3. The van der Waals surface area contributed by atoms with Crippen molar-refractivity contribution in [2.24, 2.45) is 0 Å². The fraction of sp³-hybridized carbons (Fsp3) is 0.286. The van der Waals surface area contributed by atoms with Crippen LogP contribution in [0, 0.1) is 11.3 Å². The number of unbranched alkanes of at least 4 members (excludes halogenated alkanes) is 1. The third kappa shape index (κ3) is 20.2. The predicted molar refractivity (Wildman–Crippen MR) is 138 cm³/mol. The Bertz CT molecular complexity index is 921. The fourth-order valence-electron chi connectivity index (χ4n) is 1.90. The molecule has 1 rings (SSSR count). The lowest BCUT2D eigenvalue weighted by molar-refractivity contribution is -0.138. The zero-order chi connectivity index (χ0) is 26.9. The number of hydrogen-bond acceptors (Lipinski definition) is 7. The van der Waals surface area contributed by atoms with Crippen molar-refractivity contribution in [1.82, 2.24) is 0 Å². The average Bonchev–Trinajstić information content (AvgIpc) is 2.87. The molecule has 0 radical (unpaired) electrons. The molecule has 1 aromatic rings. The molecule has 0 fully saturated rings. The second kappa shape index (κ2) is 23.0. The van der Waals surface area contributed by atoms with Crippen LogP contribution in [0.15, 0.2) is 85.0 Å². The predicted octanol–water partition coefficient (Wildman–Crippen LogP) is 5.52. The van der Waals surface area contributed by atoms with Gasteiger partial charge in [0.15, 0.2) is 0 Å². The van der Waals surface area contributed by atoms with Gasteiger partial charge in [-0.05, 0) is 38.0 Å². The lowest BCUT2D eigenvalue weighted by Crippen LogP contribution is -2.05. The molecule has 0 amide bonds. The number of methoxy groups -OCH3 is 1. The highest BCUT2D eigenvalue weighted by Crippen LogP contribution is 2.07. The molecule has 0 bridgehead atoms. The fourth-order valence-corrected chi connectivity index (χ4v) is 1.90. The number of esters is 3. The van der Waals surface area contributed by atoms with Crippen molar-refractivity contribution in [1.29, 1.82) is 5.26 Å². The van der Waals surface area contributed by atoms with E-state index in [0.717, 1.165) is 18.4 Å². The number of carbonyl (C=O) groups excluding carboxylic acids is 3. The second-order valence-electron chi connectivity index (χ2n) is 6.57. The van der Waals surface area contributed by atoms with Gasteiger partial charge in [-0.15, -0.1) is 0 Å². The minimum Gasteiger partial charge on any atom is -0.466 e. The van der Waals surface area contributed by atoms with Gasteiger partial charge < -0.3 is 14.2 Å². The quantitative estimate of drug-likeness (QED) is 0.108. The van der Waals surface area contributed by atoms with Gasteiger partial charge >= 0.3 is 17.9 Å². The Morgan fingerprint density at radius 2 is 1.74 bits per heavy atom. The molecule has 0 aliphatic carbocycles. The summed E-state index contributed by atoms with van der Waals surface area (Å²) >= 11 is 0. The molecule has 0 spiro atoms. The number of hydrogen-bond donors (Lipinski definition) is 0. The molecular formula is C28H35NO6. The van der Waals surface area contributed by atoms with E-state index in [1.54, 1.807) is 26.0 Å². The Balaban J connectivity index is 0. The molecule has 0 N–H and O–H groups in total. The Hall–Kier alpha value is -4.18. The van der Waals surface area contributed by atoms with Crippen molar-refractivity contribution < 1.29 is 28.6 Å². The Morgan fingerprint density at radius 1 is 1.09 bits per heavy atom. The lowest BCUT2D eigenvalue weighted by atomic mass is 10.1. The first kappa shape index (κ1) is 33.0. The van der Waals surface area contributed by atoms with E-state index in [0.29, 0.717) is 24.4 Å². The third-order valence-corrected chi connectivity index (χ3v) is 3.66. The summed E-state index contributed by atoms with van der Waals surface area (Å²) < 4.78 is 13.9. The third-order valence-electron chi connectivity index (χ3n) is 3.66. The van der Waals surface area contributed by atoms with Crippen molar-refractivity contribution in [3.63, 3.8) is 0 Å². The molecule has 0 aromatic heterocycles. The van der Waals surface area contributed by atoms with E-state index in [1.807, 2.05) is 49.4 Å². The van der Waals surface area contributed by atoms with Crippen LogP contribution in [-0.2, 0) is 28.6 Å². The molecule has 0 aliphatic rings. The monoisotopic (exact) mass is 481 g/mol. The summed E-state index contributed by atoms with van der Waals surface area (Å²) in [5.74, 6) is -1.08. The molecular weight excluding hydrogens is 446 g/mol. The van der Waals surface area contributed by atoms with Gasteiger partial charge in [-0.25, -0.2) is 14.4 Å². The summed E-state index contributed by atoms with van der Waals surface area (Å²) in [7, 11) is 1.33. The molecule has 0 saturated heterocycles. The number of benzene rings is 1. The molecule has 35 heavy (non-hydrogen) atoms. The van der Waals surface area contributed by atoms with Crippen LogP contribution in [0.1, 0.15) is 39.2 Å². The summed E-state index contributed by atoms with van der Waals surface area (Å²) in [5.41, 5.74) is 1.82. The number of rotatable bonds is 10.